The van der Waals surface area contributed by atoms with E-state index in [0.717, 1.165) is 25.6 Å². The molecule has 3 nitrogen and oxygen atoms in total. The van der Waals surface area contributed by atoms with Crippen molar-refractivity contribution in [3.63, 3.8) is 0 Å². The zero-order valence-electron chi connectivity index (χ0n) is 11.2. The van der Waals surface area contributed by atoms with Gasteiger partial charge in [0.25, 0.3) is 0 Å². The average Bonchev–Trinajstić information content (AvgIpc) is 2.79. The van der Waals surface area contributed by atoms with E-state index in [0.29, 0.717) is 6.10 Å². The van der Waals surface area contributed by atoms with Crippen molar-refractivity contribution in [3.8, 4) is 0 Å². The summed E-state index contributed by atoms with van der Waals surface area (Å²) in [4.78, 5) is 0. The summed E-state index contributed by atoms with van der Waals surface area (Å²) >= 11 is 0. The van der Waals surface area contributed by atoms with Crippen molar-refractivity contribution >= 4 is 0 Å². The third kappa shape index (κ3) is 3.67. The fourth-order valence-electron chi connectivity index (χ4n) is 3.17. The zero-order chi connectivity index (χ0) is 12.1. The first-order valence-electron chi connectivity index (χ1n) is 7.31. The van der Waals surface area contributed by atoms with Gasteiger partial charge in [0.05, 0.1) is 6.10 Å². The Hall–Kier alpha value is -0.120. The van der Waals surface area contributed by atoms with Crippen LogP contribution in [0.3, 0.4) is 0 Å². The molecule has 100 valence electrons. The Labute approximate surface area is 105 Å². The smallest absolute Gasteiger partial charge is 0.0700 e. The number of hydrogen-bond acceptors (Lipinski definition) is 3. The molecule has 3 atom stereocenters. The van der Waals surface area contributed by atoms with Crippen LogP contribution < -0.4 is 11.1 Å². The van der Waals surface area contributed by atoms with Gasteiger partial charge < -0.3 is 15.8 Å². The van der Waals surface area contributed by atoms with Crippen molar-refractivity contribution in [2.45, 2.75) is 63.5 Å². The highest BCUT2D eigenvalue weighted by atomic mass is 16.5. The third-order valence-electron chi connectivity index (χ3n) is 4.59. The minimum Gasteiger partial charge on any atom is -0.377 e. The van der Waals surface area contributed by atoms with E-state index >= 15 is 0 Å². The van der Waals surface area contributed by atoms with Gasteiger partial charge in [-0.15, -0.1) is 0 Å². The monoisotopic (exact) mass is 240 g/mol. The maximum atomic E-state index is 6.03. The van der Waals surface area contributed by atoms with Crippen molar-refractivity contribution in [2.75, 3.05) is 19.7 Å². The van der Waals surface area contributed by atoms with Crippen molar-refractivity contribution < 1.29 is 4.74 Å². The Morgan fingerprint density at radius 3 is 2.82 bits per heavy atom. The fraction of sp³-hybridized carbons (Fsp3) is 1.00. The molecule has 1 aliphatic heterocycles. The van der Waals surface area contributed by atoms with Gasteiger partial charge in [0, 0.05) is 25.2 Å². The summed E-state index contributed by atoms with van der Waals surface area (Å²) in [5, 5.41) is 3.74. The third-order valence-corrected chi connectivity index (χ3v) is 4.59. The van der Waals surface area contributed by atoms with Crippen LogP contribution >= 0.6 is 0 Å². The van der Waals surface area contributed by atoms with Crippen molar-refractivity contribution in [1.82, 2.24) is 5.32 Å². The number of hydrogen-bond donors (Lipinski definition) is 2. The van der Waals surface area contributed by atoms with Gasteiger partial charge in [-0.3, -0.25) is 0 Å². The topological polar surface area (TPSA) is 47.3 Å². The van der Waals surface area contributed by atoms with E-state index < -0.39 is 0 Å². The van der Waals surface area contributed by atoms with Crippen LogP contribution in [0.5, 0.6) is 0 Å². The number of nitrogens with one attached hydrogen (secondary N) is 1. The molecule has 0 aromatic heterocycles. The molecule has 0 radical (unpaired) electrons. The van der Waals surface area contributed by atoms with Crippen LogP contribution in [0.25, 0.3) is 0 Å². The van der Waals surface area contributed by atoms with E-state index in [1.165, 1.54) is 44.9 Å². The average molecular weight is 240 g/mol. The van der Waals surface area contributed by atoms with Crippen LogP contribution in [0.2, 0.25) is 0 Å². The summed E-state index contributed by atoms with van der Waals surface area (Å²) in [6, 6.07) is 0. The Morgan fingerprint density at radius 2 is 2.12 bits per heavy atom. The molecule has 1 saturated heterocycles. The molecule has 2 aliphatic rings. The highest BCUT2D eigenvalue weighted by molar-refractivity contribution is 4.92. The highest BCUT2D eigenvalue weighted by Crippen LogP contribution is 2.29. The van der Waals surface area contributed by atoms with Gasteiger partial charge >= 0.3 is 0 Å². The Bertz CT molecular complexity index is 228. The van der Waals surface area contributed by atoms with E-state index in [4.69, 9.17) is 10.5 Å². The lowest BCUT2D eigenvalue weighted by Crippen LogP contribution is -2.53. The van der Waals surface area contributed by atoms with Crippen LogP contribution in [0.15, 0.2) is 0 Å². The summed E-state index contributed by atoms with van der Waals surface area (Å²) in [6.07, 6.45) is 9.33. The number of nitrogens with two attached hydrogens (primary N) is 1. The number of rotatable bonds is 4. The Kier molecular flexibility index (Phi) is 4.83. The molecule has 0 aromatic rings. The first-order valence-corrected chi connectivity index (χ1v) is 7.31. The molecule has 1 saturated carbocycles. The molecule has 0 amide bonds. The lowest BCUT2D eigenvalue weighted by atomic mass is 9.89. The molecule has 2 fully saturated rings. The van der Waals surface area contributed by atoms with E-state index in [2.05, 4.69) is 12.2 Å². The Morgan fingerprint density at radius 1 is 1.24 bits per heavy atom. The molecule has 1 aliphatic carbocycles. The van der Waals surface area contributed by atoms with E-state index in [1.807, 2.05) is 0 Å². The molecular formula is C14H28N2O. The van der Waals surface area contributed by atoms with Crippen molar-refractivity contribution in [3.05, 3.63) is 0 Å². The Balaban J connectivity index is 1.84. The molecule has 2 rings (SSSR count). The molecule has 0 aromatic carbocycles. The predicted molar refractivity (Wildman–Crippen MR) is 71.0 cm³/mol. The van der Waals surface area contributed by atoms with Crippen LogP contribution in [0.4, 0.5) is 0 Å². The molecule has 3 unspecified atom stereocenters. The molecule has 3 heteroatoms. The second-order valence-electron chi connectivity index (χ2n) is 6.04. The van der Waals surface area contributed by atoms with E-state index in [9.17, 15) is 0 Å². The van der Waals surface area contributed by atoms with Gasteiger partial charge in [-0.1, -0.05) is 19.8 Å². The second kappa shape index (κ2) is 6.17. The first kappa shape index (κ1) is 13.3. The van der Waals surface area contributed by atoms with Crippen LogP contribution in [0, 0.1) is 5.92 Å². The second-order valence-corrected chi connectivity index (χ2v) is 6.04. The van der Waals surface area contributed by atoms with Gasteiger partial charge in [-0.2, -0.15) is 0 Å². The SMILES string of the molecule is CC1CCCC(CN)(NCC2CCCO2)CC1. The van der Waals surface area contributed by atoms with Crippen molar-refractivity contribution in [1.29, 1.82) is 0 Å². The predicted octanol–water partition coefficient (Wildman–Crippen LogP) is 2.05. The van der Waals surface area contributed by atoms with Gasteiger partial charge in [0.1, 0.15) is 0 Å². The lowest BCUT2D eigenvalue weighted by Gasteiger charge is -2.34. The van der Waals surface area contributed by atoms with Gasteiger partial charge in [0.15, 0.2) is 0 Å². The standard InChI is InChI=1S/C14H28N2O/c1-12-4-2-7-14(11-15,8-6-12)16-10-13-5-3-9-17-13/h12-13,16H,2-11,15H2,1H3. The van der Waals surface area contributed by atoms with E-state index in [1.54, 1.807) is 0 Å². The van der Waals surface area contributed by atoms with Crippen LogP contribution in [0.1, 0.15) is 51.9 Å². The summed E-state index contributed by atoms with van der Waals surface area (Å²) in [6.45, 7) is 5.07. The molecule has 0 spiro atoms. The summed E-state index contributed by atoms with van der Waals surface area (Å²) in [5.74, 6) is 0.868. The molecule has 3 N–H and O–H groups in total. The maximum absolute atomic E-state index is 6.03. The summed E-state index contributed by atoms with van der Waals surface area (Å²) < 4.78 is 5.68. The molecule has 17 heavy (non-hydrogen) atoms. The minimum absolute atomic E-state index is 0.191. The lowest BCUT2D eigenvalue weighted by molar-refractivity contribution is 0.0987. The number of ether oxygens (including phenoxy) is 1. The zero-order valence-corrected chi connectivity index (χ0v) is 11.2. The van der Waals surface area contributed by atoms with E-state index in [-0.39, 0.29) is 5.54 Å². The van der Waals surface area contributed by atoms with Gasteiger partial charge in [-0.05, 0) is 38.0 Å². The summed E-state index contributed by atoms with van der Waals surface area (Å²) in [7, 11) is 0. The highest BCUT2D eigenvalue weighted by Gasteiger charge is 2.31. The molecular weight excluding hydrogens is 212 g/mol. The quantitative estimate of drug-likeness (QED) is 0.739. The van der Waals surface area contributed by atoms with Crippen LogP contribution in [-0.2, 0) is 4.74 Å². The van der Waals surface area contributed by atoms with Gasteiger partial charge in [0.2, 0.25) is 0 Å². The molecule has 1 heterocycles. The molecule has 0 bridgehead atoms. The first-order chi connectivity index (χ1) is 8.24. The van der Waals surface area contributed by atoms with Crippen LogP contribution in [-0.4, -0.2) is 31.3 Å². The fourth-order valence-corrected chi connectivity index (χ4v) is 3.17. The summed E-state index contributed by atoms with van der Waals surface area (Å²) in [5.41, 5.74) is 6.23. The van der Waals surface area contributed by atoms with Crippen molar-refractivity contribution in [2.24, 2.45) is 11.7 Å². The van der Waals surface area contributed by atoms with Gasteiger partial charge in [-0.25, -0.2) is 0 Å². The largest absolute Gasteiger partial charge is 0.377 e. The normalized spacial score (nSPS) is 39.2. The maximum Gasteiger partial charge on any atom is 0.0700 e. The minimum atomic E-state index is 0.191.